The van der Waals surface area contributed by atoms with Crippen molar-refractivity contribution in [3.05, 3.63) is 142 Å². The van der Waals surface area contributed by atoms with Crippen LogP contribution < -0.4 is 0 Å². The van der Waals surface area contributed by atoms with Crippen LogP contribution in [0.5, 0.6) is 0 Å². The number of aliphatic hydroxyl groups excluding tert-OH is 2. The minimum atomic E-state index is -5.07. The molecule has 6 atom stereocenters. The monoisotopic (exact) mass is 868 g/mol. The van der Waals surface area contributed by atoms with Gasteiger partial charge in [0.1, 0.15) is 12.2 Å². The van der Waals surface area contributed by atoms with E-state index >= 15 is 0 Å². The van der Waals surface area contributed by atoms with Crippen molar-refractivity contribution in [1.82, 2.24) is 0 Å². The van der Waals surface area contributed by atoms with Gasteiger partial charge in [-0.2, -0.15) is 52.7 Å². The van der Waals surface area contributed by atoms with Gasteiger partial charge in [0.05, 0.1) is 44.5 Å². The van der Waals surface area contributed by atoms with E-state index in [1.165, 1.54) is 0 Å². The van der Waals surface area contributed by atoms with Crippen molar-refractivity contribution in [2.75, 3.05) is 0 Å². The molecule has 0 radical (unpaired) electrons. The zero-order valence-electron chi connectivity index (χ0n) is 29.4. The molecule has 2 N–H and O–H groups in total. The summed E-state index contributed by atoms with van der Waals surface area (Å²) >= 11 is 0. The van der Waals surface area contributed by atoms with Crippen LogP contribution in [-0.4, -0.2) is 70.7 Å². The third kappa shape index (κ3) is 10.3. The summed E-state index contributed by atoms with van der Waals surface area (Å²) in [5.74, 6) is -7.20. The van der Waals surface area contributed by atoms with Gasteiger partial charge in [0.2, 0.25) is 0 Å². The number of aliphatic hydroxyl groups is 2. The van der Waals surface area contributed by atoms with Crippen LogP contribution in [0, 0.1) is 0 Å². The number of carbonyl (C=O) groups excluding carboxylic acids is 4. The van der Waals surface area contributed by atoms with E-state index < -0.39 is 130 Å². The Bertz CT molecular complexity index is 2090. The fourth-order valence-electron chi connectivity index (χ4n) is 5.75. The Morgan fingerprint density at radius 1 is 0.367 bits per heavy atom. The van der Waals surface area contributed by atoms with E-state index in [4.69, 9.17) is 18.9 Å². The van der Waals surface area contributed by atoms with Crippen LogP contribution in [-0.2, 0) is 43.7 Å². The molecule has 1 aliphatic carbocycles. The lowest BCUT2D eigenvalue weighted by Crippen LogP contribution is -2.67. The van der Waals surface area contributed by atoms with Crippen LogP contribution >= 0.6 is 0 Å². The quantitative estimate of drug-likeness (QED) is 0.103. The molecule has 0 saturated heterocycles. The van der Waals surface area contributed by atoms with Crippen molar-refractivity contribution >= 4 is 23.9 Å². The van der Waals surface area contributed by atoms with Crippen molar-refractivity contribution < 1.29 is 101 Å². The molecule has 0 amide bonds. The van der Waals surface area contributed by atoms with Crippen LogP contribution in [0.1, 0.15) is 63.7 Å². The largest absolute Gasteiger partial charge is 0.452 e. The molecule has 0 unspecified atom stereocenters. The van der Waals surface area contributed by atoms with Gasteiger partial charge in [-0.1, -0.05) is 24.3 Å². The van der Waals surface area contributed by atoms with Crippen LogP contribution in [0.4, 0.5) is 52.7 Å². The van der Waals surface area contributed by atoms with Crippen molar-refractivity contribution in [3.8, 4) is 0 Å². The molecule has 10 nitrogen and oxygen atoms in total. The SMILES string of the molecule is O=C(O[C@@H]1[C@H](OC(=O)c2cccc(C(F)(F)F)c2)[C@@H](OC(=O)c2cccc(C(F)(F)F)c2)[C@H](O)[C@H](O)[C@H]1OC(=O)c1cccc(C(F)(F)F)c1)c1cccc(C(F)(F)F)c1. The van der Waals surface area contributed by atoms with Gasteiger partial charge in [-0.3, -0.25) is 0 Å². The molecule has 1 saturated carbocycles. The summed E-state index contributed by atoms with van der Waals surface area (Å²) in [6.07, 6.45) is -36.4. The minimum Gasteiger partial charge on any atom is -0.452 e. The van der Waals surface area contributed by atoms with Gasteiger partial charge in [0, 0.05) is 0 Å². The van der Waals surface area contributed by atoms with Gasteiger partial charge >= 0.3 is 48.6 Å². The van der Waals surface area contributed by atoms with E-state index in [0.29, 0.717) is 24.3 Å². The molecule has 0 aliphatic heterocycles. The third-order valence-corrected chi connectivity index (χ3v) is 8.67. The molecule has 0 heterocycles. The second kappa shape index (κ2) is 16.8. The molecule has 0 bridgehead atoms. The first-order valence-corrected chi connectivity index (χ1v) is 16.6. The summed E-state index contributed by atoms with van der Waals surface area (Å²) in [5.41, 5.74) is -9.43. The lowest BCUT2D eigenvalue weighted by Gasteiger charge is -2.45. The fourth-order valence-corrected chi connectivity index (χ4v) is 5.75. The van der Waals surface area contributed by atoms with Crippen LogP contribution in [0.2, 0.25) is 0 Å². The van der Waals surface area contributed by atoms with Crippen molar-refractivity contribution in [2.45, 2.75) is 61.3 Å². The topological polar surface area (TPSA) is 146 Å². The maximum Gasteiger partial charge on any atom is 0.416 e. The molecule has 1 aliphatic rings. The Balaban J connectivity index is 1.64. The van der Waals surface area contributed by atoms with Crippen molar-refractivity contribution in [2.24, 2.45) is 0 Å². The molecular formula is C38H24F12O10. The Morgan fingerprint density at radius 3 is 0.767 bits per heavy atom. The number of ether oxygens (including phenoxy) is 4. The number of alkyl halides is 12. The number of rotatable bonds is 8. The molecule has 5 rings (SSSR count). The summed E-state index contributed by atoms with van der Waals surface area (Å²) in [4.78, 5) is 53.6. The second-order valence-electron chi connectivity index (χ2n) is 12.8. The van der Waals surface area contributed by atoms with Gasteiger partial charge in [-0.05, 0) is 72.8 Å². The fraction of sp³-hybridized carbons (Fsp3) is 0.263. The molecule has 0 aromatic heterocycles. The standard InChI is InChI=1S/C38H24F12O10/c39-35(40,41)21-9-1-5-17(13-21)31(53)57-27-25(51)26(52)28(58-32(54)18-6-2-10-22(14-18)36(42,43)44)30(60-34(56)20-8-4-12-24(16-20)38(48,49)50)29(27)59-33(55)19-7-3-11-23(15-19)37(45,46)47/h1-16,25-30,51-52H/t25-,26+,27+,28-,29-,30+. The summed E-state index contributed by atoms with van der Waals surface area (Å²) in [6.45, 7) is 0. The van der Waals surface area contributed by atoms with Crippen LogP contribution in [0.15, 0.2) is 97.1 Å². The van der Waals surface area contributed by atoms with Gasteiger partial charge in [-0.15, -0.1) is 0 Å². The first kappa shape index (κ1) is 44.9. The Morgan fingerprint density at radius 2 is 0.567 bits per heavy atom. The number of esters is 4. The van der Waals surface area contributed by atoms with Crippen LogP contribution in [0.3, 0.4) is 0 Å². The first-order chi connectivity index (χ1) is 27.8. The maximum absolute atomic E-state index is 13.5. The first-order valence-electron chi connectivity index (χ1n) is 16.6. The van der Waals surface area contributed by atoms with Gasteiger partial charge in [0.15, 0.2) is 24.4 Å². The lowest BCUT2D eigenvalue weighted by atomic mass is 9.84. The molecule has 4 aromatic carbocycles. The highest BCUT2D eigenvalue weighted by molar-refractivity contribution is 5.92. The normalized spacial score (nSPS) is 21.1. The predicted octanol–water partition coefficient (Wildman–Crippen LogP) is 7.70. The highest BCUT2D eigenvalue weighted by atomic mass is 19.4. The molecule has 60 heavy (non-hydrogen) atoms. The molecule has 1 fully saturated rings. The summed E-state index contributed by atoms with van der Waals surface area (Å²) in [6, 6.07) is 8.96. The van der Waals surface area contributed by atoms with Gasteiger partial charge < -0.3 is 29.2 Å². The highest BCUT2D eigenvalue weighted by Gasteiger charge is 2.58. The van der Waals surface area contributed by atoms with Gasteiger partial charge in [0.25, 0.3) is 0 Å². The smallest absolute Gasteiger partial charge is 0.416 e. The van der Waals surface area contributed by atoms with E-state index in [-0.39, 0.29) is 24.3 Å². The average molecular weight is 869 g/mol. The predicted molar refractivity (Wildman–Crippen MR) is 175 cm³/mol. The average Bonchev–Trinajstić information content (AvgIpc) is 3.18. The minimum absolute atomic E-state index is 0.231. The number of carbonyl (C=O) groups is 4. The maximum atomic E-state index is 13.5. The second-order valence-corrected chi connectivity index (χ2v) is 12.8. The third-order valence-electron chi connectivity index (χ3n) is 8.67. The van der Waals surface area contributed by atoms with Crippen LogP contribution in [0.25, 0.3) is 0 Å². The highest BCUT2D eigenvalue weighted by Crippen LogP contribution is 2.37. The lowest BCUT2D eigenvalue weighted by molar-refractivity contribution is -0.223. The van der Waals surface area contributed by atoms with Crippen molar-refractivity contribution in [3.63, 3.8) is 0 Å². The Kier molecular flexibility index (Phi) is 12.6. The van der Waals surface area contributed by atoms with E-state index in [1.54, 1.807) is 0 Å². The van der Waals surface area contributed by atoms with E-state index in [0.717, 1.165) is 48.5 Å². The van der Waals surface area contributed by atoms with E-state index in [1.807, 2.05) is 0 Å². The molecule has 320 valence electrons. The Labute approximate surface area is 327 Å². The molecular weight excluding hydrogens is 844 g/mol. The zero-order valence-corrected chi connectivity index (χ0v) is 29.4. The summed E-state index contributed by atoms with van der Waals surface area (Å²) < 4.78 is 183. The number of hydrogen-bond donors (Lipinski definition) is 2. The van der Waals surface area contributed by atoms with Gasteiger partial charge in [-0.25, -0.2) is 19.2 Å². The summed E-state index contributed by atoms with van der Waals surface area (Å²) in [5, 5.41) is 22.5. The molecule has 4 aromatic rings. The van der Waals surface area contributed by atoms with E-state index in [9.17, 15) is 82.1 Å². The number of benzene rings is 4. The molecule has 0 spiro atoms. The molecule has 22 heteroatoms. The number of halogens is 12. The summed E-state index contributed by atoms with van der Waals surface area (Å²) in [7, 11) is 0. The Hall–Kier alpha value is -6.16. The number of hydrogen-bond acceptors (Lipinski definition) is 10. The van der Waals surface area contributed by atoms with Crippen molar-refractivity contribution in [1.29, 1.82) is 0 Å². The zero-order chi connectivity index (χ0) is 44.5. The van der Waals surface area contributed by atoms with E-state index in [2.05, 4.69) is 0 Å².